The first kappa shape index (κ1) is 44.4. The SMILES string of the molecule is CC1=CC=CC2[CH-]C3(C)C4(C)C=CC=CC4(C)C4(C)C=CC=CC4(C)C3(C)C12C.[C-]1=CC=CC1.[Cl-].[Cl-].[Zr+2]=[C](CCc1ccccc1)CCc1ccccc1. The molecule has 54 heavy (non-hydrogen) atoms. The molecule has 6 aliphatic carbocycles. The summed E-state index contributed by atoms with van der Waals surface area (Å²) in [7, 11) is 0. The average molecular weight is 835 g/mol. The summed E-state index contributed by atoms with van der Waals surface area (Å²) >= 11 is 1.60. The van der Waals surface area contributed by atoms with Crippen molar-refractivity contribution >= 4 is 3.21 Å². The summed E-state index contributed by atoms with van der Waals surface area (Å²) in [5.41, 5.74) is 4.64. The van der Waals surface area contributed by atoms with E-state index >= 15 is 0 Å². The molecule has 0 radical (unpaired) electrons. The van der Waals surface area contributed by atoms with Gasteiger partial charge in [0, 0.05) is 10.8 Å². The zero-order valence-corrected chi connectivity index (χ0v) is 37.8. The van der Waals surface area contributed by atoms with Crippen molar-refractivity contribution in [3.63, 3.8) is 0 Å². The van der Waals surface area contributed by atoms with E-state index in [1.165, 1.54) is 42.4 Å². The average Bonchev–Trinajstić information content (AvgIpc) is 3.80. The Balaban J connectivity index is 0.000000222. The van der Waals surface area contributed by atoms with E-state index in [1.807, 2.05) is 12.2 Å². The second kappa shape index (κ2) is 17.0. The molecule has 8 rings (SSSR count). The number of fused-ring (bicyclic) bond motifs is 8. The molecule has 6 aliphatic rings. The Labute approximate surface area is 356 Å². The minimum atomic E-state index is 0. The van der Waals surface area contributed by atoms with Gasteiger partial charge in [0.25, 0.3) is 0 Å². The predicted molar refractivity (Wildman–Crippen MR) is 220 cm³/mol. The van der Waals surface area contributed by atoms with E-state index in [4.69, 9.17) is 0 Å². The van der Waals surface area contributed by atoms with Crippen molar-refractivity contribution in [1.82, 2.24) is 0 Å². The molecule has 0 nitrogen and oxygen atoms in total. The summed E-state index contributed by atoms with van der Waals surface area (Å²) in [5.74, 6) is 0.460. The van der Waals surface area contributed by atoms with Crippen LogP contribution in [0.5, 0.6) is 0 Å². The van der Waals surface area contributed by atoms with Gasteiger partial charge in [-0.05, 0) is 28.6 Å². The van der Waals surface area contributed by atoms with E-state index in [0.29, 0.717) is 5.92 Å². The fourth-order valence-electron chi connectivity index (χ4n) is 11.6. The Kier molecular flexibility index (Phi) is 14.0. The van der Waals surface area contributed by atoms with Gasteiger partial charge in [-0.2, -0.15) is 6.08 Å². The van der Waals surface area contributed by atoms with Gasteiger partial charge in [0.1, 0.15) is 0 Å². The molecular weight excluding hydrogens is 775 g/mol. The number of allylic oxidation sites excluding steroid dienone is 16. The van der Waals surface area contributed by atoms with Crippen LogP contribution in [-0.2, 0) is 37.1 Å². The van der Waals surface area contributed by atoms with Gasteiger partial charge >= 0.3 is 125 Å². The van der Waals surface area contributed by atoms with Crippen molar-refractivity contribution in [2.45, 2.75) is 87.5 Å². The maximum atomic E-state index is 2.99. The molecule has 284 valence electrons. The summed E-state index contributed by atoms with van der Waals surface area (Å²) < 4.78 is 1.69. The molecule has 8 unspecified atom stereocenters. The Bertz CT molecular complexity index is 1820. The van der Waals surface area contributed by atoms with E-state index in [9.17, 15) is 0 Å². The van der Waals surface area contributed by atoms with E-state index in [2.05, 4.69) is 201 Å². The number of benzene rings is 2. The summed E-state index contributed by atoms with van der Waals surface area (Å²) in [5, 5.41) is 0. The van der Waals surface area contributed by atoms with Crippen molar-refractivity contribution in [2.75, 3.05) is 0 Å². The summed E-state index contributed by atoms with van der Waals surface area (Å²) in [6.45, 7) is 20.3. The molecule has 0 N–H and O–H groups in total. The van der Waals surface area contributed by atoms with Crippen LogP contribution in [0.1, 0.15) is 85.8 Å². The topological polar surface area (TPSA) is 0 Å². The maximum absolute atomic E-state index is 2.99. The third-order valence-electron chi connectivity index (χ3n) is 15.7. The van der Waals surface area contributed by atoms with Crippen molar-refractivity contribution in [3.8, 4) is 0 Å². The zero-order chi connectivity index (χ0) is 37.3. The molecule has 0 heterocycles. The van der Waals surface area contributed by atoms with Crippen LogP contribution < -0.4 is 24.8 Å². The van der Waals surface area contributed by atoms with Crippen LogP contribution in [0.2, 0.25) is 0 Å². The van der Waals surface area contributed by atoms with Gasteiger partial charge < -0.3 is 31.2 Å². The zero-order valence-electron chi connectivity index (χ0n) is 33.8. The molecule has 2 fully saturated rings. The molecule has 0 aliphatic heterocycles. The molecule has 0 amide bonds. The normalized spacial score (nSPS) is 36.8. The van der Waals surface area contributed by atoms with Crippen LogP contribution in [0.3, 0.4) is 0 Å². The van der Waals surface area contributed by atoms with Gasteiger partial charge in [-0.1, -0.05) is 115 Å². The second-order valence-electron chi connectivity index (χ2n) is 17.3. The van der Waals surface area contributed by atoms with Crippen molar-refractivity contribution in [3.05, 3.63) is 175 Å². The molecular formula is C51H60Cl2Zr-2. The predicted octanol–water partition coefficient (Wildman–Crippen LogP) is 6.93. The Morgan fingerprint density at radius 1 is 0.667 bits per heavy atom. The third-order valence-corrected chi connectivity index (χ3v) is 17.0. The van der Waals surface area contributed by atoms with E-state index < -0.39 is 0 Å². The second-order valence-corrected chi connectivity index (χ2v) is 19.0. The van der Waals surface area contributed by atoms with E-state index in [0.717, 1.165) is 6.42 Å². The fourth-order valence-corrected chi connectivity index (χ4v) is 12.2. The molecule has 2 aromatic carbocycles. The van der Waals surface area contributed by atoms with E-state index in [-0.39, 0.29) is 62.7 Å². The Morgan fingerprint density at radius 2 is 1.15 bits per heavy atom. The monoisotopic (exact) mass is 832 g/mol. The van der Waals surface area contributed by atoms with Crippen molar-refractivity contribution in [2.24, 2.45) is 43.8 Å². The van der Waals surface area contributed by atoms with Crippen molar-refractivity contribution in [1.29, 1.82) is 0 Å². The fraction of sp³-hybridized carbons (Fsp3) is 0.412. The third kappa shape index (κ3) is 6.69. The minimum absolute atomic E-state index is 0. The Morgan fingerprint density at radius 3 is 1.61 bits per heavy atom. The van der Waals surface area contributed by atoms with Gasteiger partial charge in [-0.3, -0.25) is 6.08 Å². The van der Waals surface area contributed by atoms with Gasteiger partial charge in [0.05, 0.1) is 0 Å². The molecule has 2 saturated carbocycles. The van der Waals surface area contributed by atoms with Gasteiger partial charge in [0.2, 0.25) is 0 Å². The quantitative estimate of drug-likeness (QED) is 0.278. The Hall–Kier alpha value is -2.31. The van der Waals surface area contributed by atoms with Crippen LogP contribution in [0, 0.1) is 56.3 Å². The first-order valence-corrected chi connectivity index (χ1v) is 20.8. The van der Waals surface area contributed by atoms with Gasteiger partial charge in [-0.15, -0.1) is 23.8 Å². The molecule has 0 bridgehead atoms. The number of halogens is 2. The van der Waals surface area contributed by atoms with Crippen LogP contribution in [-0.4, -0.2) is 3.21 Å². The van der Waals surface area contributed by atoms with Crippen LogP contribution in [0.25, 0.3) is 0 Å². The van der Waals surface area contributed by atoms with Crippen molar-refractivity contribution < 1.29 is 49.0 Å². The summed E-state index contributed by atoms with van der Waals surface area (Å²) in [4.78, 5) is 0. The molecule has 8 atom stereocenters. The van der Waals surface area contributed by atoms with E-state index in [1.54, 1.807) is 27.4 Å². The number of hydrogen-bond acceptors (Lipinski definition) is 0. The standard InChI is InChI=1S/C29H37.C17H18.C5H5.2ClH.Zr/c1-21-14-13-15-22-20-27(6)25(4)18-10-9-16-23(25,2)24(3)17-11-12-19-26(24,5)29(27,8)28(21,22)7;1-4-10-16(11-5-1)14-8-3-9-15-17-12-6-2-7-13-17;1-2-4-5-3-1;;;/h9-20,22H,1-8H3;1-2,4-7,10-13H,8-9,14-15H2;1-3H,4H2;2*1H;/q-1;;-1;;;+2/p-2. The molecule has 2 aromatic rings. The first-order chi connectivity index (χ1) is 24.7. The van der Waals surface area contributed by atoms with Crippen LogP contribution in [0.15, 0.2) is 151 Å². The molecule has 3 heteroatoms. The van der Waals surface area contributed by atoms with Crippen LogP contribution >= 0.6 is 0 Å². The van der Waals surface area contributed by atoms with Crippen LogP contribution in [0.4, 0.5) is 0 Å². The molecule has 0 aromatic heterocycles. The molecule has 0 spiro atoms. The molecule has 0 saturated heterocycles. The van der Waals surface area contributed by atoms with Gasteiger partial charge in [0.15, 0.2) is 0 Å². The summed E-state index contributed by atoms with van der Waals surface area (Å²) in [6.07, 6.45) is 44.1. The first-order valence-electron chi connectivity index (χ1n) is 19.6. The summed E-state index contributed by atoms with van der Waals surface area (Å²) in [6, 6.07) is 21.6. The van der Waals surface area contributed by atoms with Gasteiger partial charge in [-0.25, -0.2) is 12.2 Å². The number of aryl methyl sites for hydroxylation is 2. The number of rotatable bonds is 6. The number of hydrogen-bond donors (Lipinski definition) is 0.